The van der Waals surface area contributed by atoms with Crippen LogP contribution in [0.4, 0.5) is 4.39 Å². The molecule has 1 atom stereocenters. The van der Waals surface area contributed by atoms with Crippen molar-refractivity contribution in [3.05, 3.63) is 108 Å². The first-order valence-corrected chi connectivity index (χ1v) is 11.3. The molecule has 0 saturated heterocycles. The second-order valence-electron chi connectivity index (χ2n) is 7.67. The molecule has 164 valence electrons. The SMILES string of the molecule is N[N+]12C=CN=CC1=C(Sc1ncccn1)N=C2c1ccc2ccc(-c3ccccc3)nc2c1F. The van der Waals surface area contributed by atoms with Crippen molar-refractivity contribution in [1.29, 1.82) is 0 Å². The molecule has 0 saturated carbocycles. The third-order valence-corrected chi connectivity index (χ3v) is 6.49. The van der Waals surface area contributed by atoms with Gasteiger partial charge < -0.3 is 0 Å². The molecule has 0 aliphatic carbocycles. The average molecular weight is 467 g/mol. The van der Waals surface area contributed by atoms with Crippen molar-refractivity contribution in [3.63, 3.8) is 0 Å². The van der Waals surface area contributed by atoms with Gasteiger partial charge in [-0.25, -0.2) is 19.3 Å². The van der Waals surface area contributed by atoms with Crippen LogP contribution in [0.1, 0.15) is 5.56 Å². The van der Waals surface area contributed by atoms with Gasteiger partial charge in [-0.15, -0.1) is 4.59 Å². The van der Waals surface area contributed by atoms with Crippen LogP contribution in [0.5, 0.6) is 0 Å². The predicted molar refractivity (Wildman–Crippen MR) is 131 cm³/mol. The number of quaternary nitrogens is 1. The Bertz CT molecular complexity index is 1550. The molecule has 0 bridgehead atoms. The number of nitrogens with two attached hydrogens (primary N) is 1. The van der Waals surface area contributed by atoms with E-state index in [2.05, 4.69) is 19.9 Å². The van der Waals surface area contributed by atoms with Gasteiger partial charge in [0.1, 0.15) is 11.7 Å². The minimum Gasteiger partial charge on any atom is -0.253 e. The van der Waals surface area contributed by atoms with Crippen LogP contribution in [0.15, 0.2) is 111 Å². The second kappa shape index (κ2) is 8.07. The number of allylic oxidation sites excluding steroid dienone is 1. The molecule has 2 aromatic heterocycles. The highest BCUT2D eigenvalue weighted by Crippen LogP contribution is 2.39. The van der Waals surface area contributed by atoms with Gasteiger partial charge in [-0.2, -0.15) is 10.8 Å². The number of rotatable bonds is 4. The summed E-state index contributed by atoms with van der Waals surface area (Å²) in [5, 5.41) is 1.76. The number of aliphatic imine (C=N–C) groups is 2. The molecular weight excluding hydrogens is 449 g/mol. The molecule has 2 aliphatic rings. The lowest BCUT2D eigenvalue weighted by atomic mass is 10.1. The van der Waals surface area contributed by atoms with Gasteiger partial charge >= 0.3 is 0 Å². The lowest BCUT2D eigenvalue weighted by Crippen LogP contribution is -2.53. The standard InChI is InChI=1S/C25H17FN7S/c26-21-18(9-7-17-8-10-19(31-22(17)21)16-5-2-1-3-6-16)23-32-24(34-25-29-11-4-12-30-25)20-15-28-13-14-33(20,23)27/h1-15H,27H2/q+1. The average Bonchev–Trinajstić information content (AvgIpc) is 3.17. The number of pyridine rings is 1. The van der Waals surface area contributed by atoms with Gasteiger partial charge in [-0.3, -0.25) is 4.99 Å². The fraction of sp³-hybridized carbons (Fsp3) is 0. The van der Waals surface area contributed by atoms with Gasteiger partial charge in [-0.1, -0.05) is 42.5 Å². The minimum absolute atomic E-state index is 0.261. The maximum atomic E-state index is 16.0. The molecule has 2 aliphatic heterocycles. The summed E-state index contributed by atoms with van der Waals surface area (Å²) >= 11 is 1.25. The molecule has 4 heterocycles. The highest BCUT2D eigenvalue weighted by molar-refractivity contribution is 8.03. The Hall–Kier alpha value is -4.05. The summed E-state index contributed by atoms with van der Waals surface area (Å²) in [6.07, 6.45) is 8.19. The highest BCUT2D eigenvalue weighted by Gasteiger charge is 2.45. The summed E-state index contributed by atoms with van der Waals surface area (Å²) in [5.74, 6) is 6.61. The van der Waals surface area contributed by atoms with Gasteiger partial charge in [0.2, 0.25) is 5.70 Å². The van der Waals surface area contributed by atoms with Crippen molar-refractivity contribution >= 4 is 34.7 Å². The van der Waals surface area contributed by atoms with Crippen LogP contribution in [-0.2, 0) is 0 Å². The van der Waals surface area contributed by atoms with Crippen molar-refractivity contribution in [2.45, 2.75) is 5.16 Å². The van der Waals surface area contributed by atoms with E-state index in [1.165, 1.54) is 11.8 Å². The maximum absolute atomic E-state index is 16.0. The first-order chi connectivity index (χ1) is 16.6. The number of nitrogens with zero attached hydrogens (tertiary/aromatic N) is 6. The lowest BCUT2D eigenvalue weighted by molar-refractivity contribution is -0.750. The van der Waals surface area contributed by atoms with Gasteiger partial charge in [0.05, 0.1) is 23.7 Å². The molecule has 2 N–H and O–H groups in total. The van der Waals surface area contributed by atoms with Crippen LogP contribution < -0.4 is 5.84 Å². The zero-order valence-electron chi connectivity index (χ0n) is 17.7. The molecule has 6 rings (SSSR count). The maximum Gasteiger partial charge on any atom is 0.268 e. The van der Waals surface area contributed by atoms with Crippen molar-refractivity contribution in [1.82, 2.24) is 15.0 Å². The Labute approximate surface area is 198 Å². The highest BCUT2D eigenvalue weighted by atomic mass is 32.2. The number of fused-ring (bicyclic) bond motifs is 2. The fourth-order valence-corrected chi connectivity index (χ4v) is 4.76. The van der Waals surface area contributed by atoms with Gasteiger partial charge in [0, 0.05) is 23.3 Å². The molecule has 2 aromatic carbocycles. The number of hydrogen-bond acceptors (Lipinski definition) is 7. The first kappa shape index (κ1) is 20.5. The van der Waals surface area contributed by atoms with Crippen molar-refractivity contribution in [2.24, 2.45) is 15.8 Å². The van der Waals surface area contributed by atoms with E-state index in [1.54, 1.807) is 43.1 Å². The van der Waals surface area contributed by atoms with E-state index >= 15 is 4.39 Å². The number of aromatic nitrogens is 3. The van der Waals surface area contributed by atoms with Crippen LogP contribution in [0.3, 0.4) is 0 Å². The molecule has 9 heteroatoms. The topological polar surface area (TPSA) is 89.4 Å². The van der Waals surface area contributed by atoms with E-state index in [1.807, 2.05) is 48.5 Å². The van der Waals surface area contributed by atoms with E-state index < -0.39 is 5.82 Å². The molecule has 0 amide bonds. The Morgan fingerprint density at radius 1 is 0.912 bits per heavy atom. The number of thioether (sulfide) groups is 1. The summed E-state index contributed by atoms with van der Waals surface area (Å²) in [6, 6.07) is 18.7. The Morgan fingerprint density at radius 3 is 2.53 bits per heavy atom. The summed E-state index contributed by atoms with van der Waals surface area (Å²) in [4.78, 5) is 22.1. The zero-order valence-corrected chi connectivity index (χ0v) is 18.5. The van der Waals surface area contributed by atoms with Crippen molar-refractivity contribution in [3.8, 4) is 11.3 Å². The van der Waals surface area contributed by atoms with E-state index in [-0.39, 0.29) is 15.7 Å². The Morgan fingerprint density at radius 2 is 1.71 bits per heavy atom. The molecule has 7 nitrogen and oxygen atoms in total. The molecule has 4 aromatic rings. The predicted octanol–water partition coefficient (Wildman–Crippen LogP) is 4.80. The Balaban J connectivity index is 1.48. The molecule has 0 radical (unpaired) electrons. The van der Waals surface area contributed by atoms with Crippen molar-refractivity contribution < 1.29 is 8.98 Å². The van der Waals surface area contributed by atoms with Crippen LogP contribution in [-0.4, -0.2) is 31.6 Å². The summed E-state index contributed by atoms with van der Waals surface area (Å²) < 4.78 is 15.7. The van der Waals surface area contributed by atoms with Crippen LogP contribution in [0.25, 0.3) is 22.2 Å². The molecular formula is C25H17FN7S+. The second-order valence-corrected chi connectivity index (χ2v) is 8.63. The van der Waals surface area contributed by atoms with Gasteiger partial charge in [0.25, 0.3) is 5.84 Å². The lowest BCUT2D eigenvalue weighted by Gasteiger charge is -2.26. The van der Waals surface area contributed by atoms with Crippen LogP contribution in [0, 0.1) is 5.82 Å². The minimum atomic E-state index is -0.477. The fourth-order valence-electron chi connectivity index (χ4n) is 3.92. The van der Waals surface area contributed by atoms with E-state index in [4.69, 9.17) is 10.8 Å². The van der Waals surface area contributed by atoms with Crippen LogP contribution >= 0.6 is 11.8 Å². The van der Waals surface area contributed by atoms with Crippen LogP contribution in [0.2, 0.25) is 0 Å². The third kappa shape index (κ3) is 3.34. The van der Waals surface area contributed by atoms with E-state index in [9.17, 15) is 0 Å². The smallest absolute Gasteiger partial charge is 0.253 e. The number of benzene rings is 2. The summed E-state index contributed by atoms with van der Waals surface area (Å²) in [5.41, 5.74) is 2.75. The normalized spacial score (nSPS) is 18.9. The van der Waals surface area contributed by atoms with E-state index in [0.717, 1.165) is 5.56 Å². The number of halogens is 1. The quantitative estimate of drug-likeness (QED) is 0.265. The first-order valence-electron chi connectivity index (χ1n) is 10.5. The summed E-state index contributed by atoms with van der Waals surface area (Å²) in [6.45, 7) is 0. The molecule has 0 spiro atoms. The van der Waals surface area contributed by atoms with Gasteiger partial charge in [0.15, 0.2) is 16.0 Å². The molecule has 1 unspecified atom stereocenters. The zero-order chi connectivity index (χ0) is 23.1. The van der Waals surface area contributed by atoms with E-state index in [0.29, 0.717) is 32.8 Å². The third-order valence-electron chi connectivity index (χ3n) is 5.60. The van der Waals surface area contributed by atoms with Gasteiger partial charge in [-0.05, 0) is 30.0 Å². The molecule has 0 fully saturated rings. The van der Waals surface area contributed by atoms with Crippen molar-refractivity contribution in [2.75, 3.05) is 0 Å². The Kier molecular flexibility index (Phi) is 4.88. The number of amidine groups is 1. The number of hydrogen-bond donors (Lipinski definition) is 1. The molecule has 34 heavy (non-hydrogen) atoms. The summed E-state index contributed by atoms with van der Waals surface area (Å²) in [7, 11) is 0. The largest absolute Gasteiger partial charge is 0.268 e. The monoisotopic (exact) mass is 466 g/mol.